The molecule has 0 fully saturated rings. The molecular formula is C15H11BrN2O2. The van der Waals surface area contributed by atoms with Crippen molar-refractivity contribution in [2.24, 2.45) is 7.05 Å². The lowest BCUT2D eigenvalue weighted by Gasteiger charge is -2.10. The molecule has 0 radical (unpaired) electrons. The molecule has 5 heteroatoms. The van der Waals surface area contributed by atoms with Crippen molar-refractivity contribution in [2.45, 2.75) is 0 Å². The standard InChI is InChI=1S/C15H11BrN2O2/c1-17-13-8-7-10(16)9-12(13)14(19)18(15(17)20)11-5-3-2-4-6-11/h2-9H,1H3. The Morgan fingerprint density at radius 1 is 1.00 bits per heavy atom. The van der Waals surface area contributed by atoms with E-state index in [2.05, 4.69) is 15.9 Å². The highest BCUT2D eigenvalue weighted by molar-refractivity contribution is 9.10. The third kappa shape index (κ3) is 1.91. The third-order valence-corrected chi connectivity index (χ3v) is 3.74. The minimum Gasteiger partial charge on any atom is -0.296 e. The van der Waals surface area contributed by atoms with Crippen molar-refractivity contribution in [3.8, 4) is 5.69 Å². The van der Waals surface area contributed by atoms with Crippen molar-refractivity contribution in [2.75, 3.05) is 0 Å². The molecule has 0 aliphatic carbocycles. The summed E-state index contributed by atoms with van der Waals surface area (Å²) in [7, 11) is 1.66. The van der Waals surface area contributed by atoms with Gasteiger partial charge in [-0.15, -0.1) is 0 Å². The Morgan fingerprint density at radius 2 is 1.70 bits per heavy atom. The third-order valence-electron chi connectivity index (χ3n) is 3.25. The lowest BCUT2D eigenvalue weighted by Crippen LogP contribution is -2.37. The second-order valence-electron chi connectivity index (χ2n) is 4.48. The van der Waals surface area contributed by atoms with Crippen LogP contribution in [-0.4, -0.2) is 9.13 Å². The number of nitrogens with zero attached hydrogens (tertiary/aromatic N) is 2. The van der Waals surface area contributed by atoms with Crippen LogP contribution in [0.2, 0.25) is 0 Å². The number of fused-ring (bicyclic) bond motifs is 1. The highest BCUT2D eigenvalue weighted by atomic mass is 79.9. The number of aromatic nitrogens is 2. The zero-order chi connectivity index (χ0) is 14.3. The van der Waals surface area contributed by atoms with Gasteiger partial charge in [-0.2, -0.15) is 0 Å². The Kier molecular flexibility index (Phi) is 3.06. The van der Waals surface area contributed by atoms with Crippen LogP contribution in [0.3, 0.4) is 0 Å². The minimum absolute atomic E-state index is 0.310. The van der Waals surface area contributed by atoms with Gasteiger partial charge in [0.15, 0.2) is 0 Å². The van der Waals surface area contributed by atoms with E-state index in [0.29, 0.717) is 16.6 Å². The van der Waals surface area contributed by atoms with E-state index in [1.165, 1.54) is 9.13 Å². The largest absolute Gasteiger partial charge is 0.335 e. The molecule has 0 N–H and O–H groups in total. The maximum Gasteiger partial charge on any atom is 0.335 e. The van der Waals surface area contributed by atoms with Crippen LogP contribution in [0.15, 0.2) is 62.6 Å². The molecule has 0 aliphatic heterocycles. The predicted molar refractivity (Wildman–Crippen MR) is 82.5 cm³/mol. The molecule has 3 rings (SSSR count). The van der Waals surface area contributed by atoms with Gasteiger partial charge in [0.05, 0.1) is 16.6 Å². The molecule has 0 bridgehead atoms. The minimum atomic E-state index is -0.351. The summed E-state index contributed by atoms with van der Waals surface area (Å²) in [5.41, 5.74) is 0.530. The molecule has 2 aromatic carbocycles. The first kappa shape index (κ1) is 12.9. The molecule has 0 saturated carbocycles. The van der Waals surface area contributed by atoms with Crippen LogP contribution in [0, 0.1) is 0 Å². The number of hydrogen-bond donors (Lipinski definition) is 0. The molecule has 1 heterocycles. The summed E-state index contributed by atoms with van der Waals surface area (Å²) in [6, 6.07) is 14.2. The summed E-state index contributed by atoms with van der Waals surface area (Å²) in [5.74, 6) is 0. The molecule has 20 heavy (non-hydrogen) atoms. The van der Waals surface area contributed by atoms with Gasteiger partial charge < -0.3 is 0 Å². The van der Waals surface area contributed by atoms with Crippen LogP contribution in [0.1, 0.15) is 0 Å². The molecule has 3 aromatic rings. The number of para-hydroxylation sites is 1. The van der Waals surface area contributed by atoms with Crippen molar-refractivity contribution < 1.29 is 0 Å². The van der Waals surface area contributed by atoms with Gasteiger partial charge in [-0.3, -0.25) is 9.36 Å². The molecule has 0 saturated heterocycles. The average Bonchev–Trinajstić information content (AvgIpc) is 2.46. The fourth-order valence-electron chi connectivity index (χ4n) is 2.24. The molecule has 0 aliphatic rings. The van der Waals surface area contributed by atoms with Gasteiger partial charge in [0, 0.05) is 11.5 Å². The van der Waals surface area contributed by atoms with Gasteiger partial charge >= 0.3 is 5.69 Å². The van der Waals surface area contributed by atoms with Crippen LogP contribution in [-0.2, 0) is 7.05 Å². The first-order valence-electron chi connectivity index (χ1n) is 6.06. The molecule has 0 unspecified atom stereocenters. The van der Waals surface area contributed by atoms with Crippen LogP contribution in [0.4, 0.5) is 0 Å². The summed E-state index contributed by atoms with van der Waals surface area (Å²) >= 11 is 3.35. The van der Waals surface area contributed by atoms with E-state index in [4.69, 9.17) is 0 Å². The lowest BCUT2D eigenvalue weighted by molar-refractivity contribution is 0.774. The van der Waals surface area contributed by atoms with E-state index in [9.17, 15) is 9.59 Å². The van der Waals surface area contributed by atoms with E-state index >= 15 is 0 Å². The van der Waals surface area contributed by atoms with Gasteiger partial charge in [-0.1, -0.05) is 34.1 Å². The number of rotatable bonds is 1. The quantitative estimate of drug-likeness (QED) is 0.688. The van der Waals surface area contributed by atoms with Gasteiger partial charge in [-0.25, -0.2) is 9.36 Å². The highest BCUT2D eigenvalue weighted by Gasteiger charge is 2.12. The molecule has 0 spiro atoms. The van der Waals surface area contributed by atoms with E-state index in [1.54, 1.807) is 43.4 Å². The Labute approximate surface area is 123 Å². The van der Waals surface area contributed by atoms with Crippen molar-refractivity contribution >= 4 is 26.8 Å². The first-order valence-corrected chi connectivity index (χ1v) is 6.85. The summed E-state index contributed by atoms with van der Waals surface area (Å²) in [6.45, 7) is 0. The van der Waals surface area contributed by atoms with Crippen LogP contribution < -0.4 is 11.2 Å². The molecule has 1 aromatic heterocycles. The summed E-state index contributed by atoms with van der Waals surface area (Å²) in [6.07, 6.45) is 0. The SMILES string of the molecule is Cn1c(=O)n(-c2ccccc2)c(=O)c2cc(Br)ccc21. The molecule has 0 amide bonds. The van der Waals surface area contributed by atoms with Crippen molar-refractivity contribution in [3.05, 3.63) is 73.8 Å². The first-order chi connectivity index (χ1) is 9.59. The number of halogens is 1. The number of hydrogen-bond acceptors (Lipinski definition) is 2. The molecule has 4 nitrogen and oxygen atoms in total. The summed E-state index contributed by atoms with van der Waals surface area (Å²) in [5, 5.41) is 0.505. The van der Waals surface area contributed by atoms with E-state index in [1.807, 2.05) is 12.1 Å². The Morgan fingerprint density at radius 3 is 2.40 bits per heavy atom. The van der Waals surface area contributed by atoms with Gasteiger partial charge in [-0.05, 0) is 30.3 Å². The van der Waals surface area contributed by atoms with Crippen LogP contribution in [0.5, 0.6) is 0 Å². The van der Waals surface area contributed by atoms with Gasteiger partial charge in [0.1, 0.15) is 0 Å². The predicted octanol–water partition coefficient (Wildman–Crippen LogP) is 2.45. The van der Waals surface area contributed by atoms with E-state index in [-0.39, 0.29) is 11.2 Å². The van der Waals surface area contributed by atoms with E-state index in [0.717, 1.165) is 4.47 Å². The maximum atomic E-state index is 12.6. The van der Waals surface area contributed by atoms with Gasteiger partial charge in [0.25, 0.3) is 5.56 Å². The van der Waals surface area contributed by atoms with Crippen molar-refractivity contribution in [3.63, 3.8) is 0 Å². The molecular weight excluding hydrogens is 320 g/mol. The smallest absolute Gasteiger partial charge is 0.296 e. The van der Waals surface area contributed by atoms with Crippen LogP contribution >= 0.6 is 15.9 Å². The average molecular weight is 331 g/mol. The Balaban J connectivity index is 2.51. The molecule has 100 valence electrons. The normalized spacial score (nSPS) is 10.9. The monoisotopic (exact) mass is 330 g/mol. The second-order valence-corrected chi connectivity index (χ2v) is 5.39. The fourth-order valence-corrected chi connectivity index (χ4v) is 2.60. The van der Waals surface area contributed by atoms with Crippen molar-refractivity contribution in [1.29, 1.82) is 0 Å². The zero-order valence-electron chi connectivity index (χ0n) is 10.7. The fraction of sp³-hybridized carbons (Fsp3) is 0.0667. The molecule has 0 atom stereocenters. The maximum absolute atomic E-state index is 12.6. The Bertz CT molecular complexity index is 911. The highest BCUT2D eigenvalue weighted by Crippen LogP contribution is 2.16. The summed E-state index contributed by atoms with van der Waals surface area (Å²) in [4.78, 5) is 25.0. The van der Waals surface area contributed by atoms with Crippen molar-refractivity contribution in [1.82, 2.24) is 9.13 Å². The topological polar surface area (TPSA) is 44.0 Å². The Hall–Kier alpha value is -2.14. The lowest BCUT2D eigenvalue weighted by atomic mass is 10.2. The zero-order valence-corrected chi connectivity index (χ0v) is 12.3. The van der Waals surface area contributed by atoms with E-state index < -0.39 is 0 Å². The second kappa shape index (κ2) is 4.76. The number of aryl methyl sites for hydroxylation is 1. The number of benzene rings is 2. The van der Waals surface area contributed by atoms with Crippen LogP contribution in [0.25, 0.3) is 16.6 Å². The van der Waals surface area contributed by atoms with Gasteiger partial charge in [0.2, 0.25) is 0 Å². The summed E-state index contributed by atoms with van der Waals surface area (Å²) < 4.78 is 3.48.